The highest BCUT2D eigenvalue weighted by atomic mass is 19.1. The molecule has 6 heteroatoms. The molecule has 2 N–H and O–H groups in total. The number of nitrogens with zero attached hydrogens (tertiary/aromatic N) is 2. The highest BCUT2D eigenvalue weighted by molar-refractivity contribution is 5.94. The van der Waals surface area contributed by atoms with E-state index in [1.807, 2.05) is 33.0 Å². The van der Waals surface area contributed by atoms with Gasteiger partial charge in [-0.15, -0.1) is 0 Å². The Labute approximate surface area is 197 Å². The molecule has 2 aromatic carbocycles. The van der Waals surface area contributed by atoms with Crippen molar-refractivity contribution in [3.63, 3.8) is 0 Å². The molecule has 5 nitrogen and oxygen atoms in total. The van der Waals surface area contributed by atoms with Crippen LogP contribution in [-0.2, 0) is 0 Å². The van der Waals surface area contributed by atoms with Crippen LogP contribution in [0.1, 0.15) is 64.6 Å². The summed E-state index contributed by atoms with van der Waals surface area (Å²) in [7, 11) is 0. The van der Waals surface area contributed by atoms with Gasteiger partial charge in [-0.25, -0.2) is 9.18 Å². The summed E-state index contributed by atoms with van der Waals surface area (Å²) < 4.78 is 13.7. The topological polar surface area (TPSA) is 75.1 Å². The van der Waals surface area contributed by atoms with Crippen LogP contribution < -0.4 is 5.32 Å². The summed E-state index contributed by atoms with van der Waals surface area (Å²) in [5, 5.41) is 13.8. The summed E-state index contributed by atoms with van der Waals surface area (Å²) in [5.41, 5.74) is 7.47. The molecular weight excluding hydrogens is 429 g/mol. The Morgan fingerprint density at radius 2 is 1.91 bits per heavy atom. The van der Waals surface area contributed by atoms with Gasteiger partial charge in [-0.05, 0) is 92.8 Å². The number of hydrogen-bond donors (Lipinski definition) is 2. The van der Waals surface area contributed by atoms with Crippen molar-refractivity contribution >= 4 is 22.6 Å². The fourth-order valence-corrected chi connectivity index (χ4v) is 4.54. The lowest BCUT2D eigenvalue weighted by Crippen LogP contribution is -2.12. The van der Waals surface area contributed by atoms with E-state index in [9.17, 15) is 14.3 Å². The number of aromatic nitrogens is 2. The molecule has 1 saturated carbocycles. The monoisotopic (exact) mass is 455 g/mol. The average molecular weight is 456 g/mol. The largest absolute Gasteiger partial charge is 0.478 e. The van der Waals surface area contributed by atoms with Crippen LogP contribution in [0.5, 0.6) is 0 Å². The zero-order valence-electron chi connectivity index (χ0n) is 19.4. The van der Waals surface area contributed by atoms with E-state index >= 15 is 0 Å². The number of halogens is 1. The molecule has 34 heavy (non-hydrogen) atoms. The SMILES string of the molecule is Cc1cc(C(C)Nc2ccc(F)cc2C(=O)O)c2cc(-c3ccnc(C4CC4)c3)c(C)nc2c1. The van der Waals surface area contributed by atoms with Crippen molar-refractivity contribution in [3.8, 4) is 11.1 Å². The van der Waals surface area contributed by atoms with Crippen molar-refractivity contribution in [1.29, 1.82) is 0 Å². The van der Waals surface area contributed by atoms with Gasteiger partial charge in [0.1, 0.15) is 5.82 Å². The summed E-state index contributed by atoms with van der Waals surface area (Å²) in [4.78, 5) is 21.1. The van der Waals surface area contributed by atoms with Crippen molar-refractivity contribution in [2.45, 2.75) is 45.6 Å². The Kier molecular flexibility index (Phi) is 5.52. The van der Waals surface area contributed by atoms with Gasteiger partial charge in [0, 0.05) is 46.2 Å². The van der Waals surface area contributed by atoms with Crippen LogP contribution >= 0.6 is 0 Å². The fraction of sp³-hybridized carbons (Fsp3) is 0.250. The molecule has 1 aliphatic carbocycles. The smallest absolute Gasteiger partial charge is 0.337 e. The van der Waals surface area contributed by atoms with Gasteiger partial charge in [0.15, 0.2) is 0 Å². The lowest BCUT2D eigenvalue weighted by molar-refractivity contribution is 0.0697. The summed E-state index contributed by atoms with van der Waals surface area (Å²) in [6.45, 7) is 6.01. The molecule has 0 bridgehead atoms. The summed E-state index contributed by atoms with van der Waals surface area (Å²) in [6, 6.07) is 14.0. The number of carbonyl (C=O) groups is 1. The maximum absolute atomic E-state index is 13.7. The van der Waals surface area contributed by atoms with E-state index in [2.05, 4.69) is 34.6 Å². The van der Waals surface area contributed by atoms with E-state index < -0.39 is 11.8 Å². The third kappa shape index (κ3) is 4.23. The first-order valence-electron chi connectivity index (χ1n) is 11.5. The zero-order valence-corrected chi connectivity index (χ0v) is 19.4. The second-order valence-corrected chi connectivity index (χ2v) is 9.15. The van der Waals surface area contributed by atoms with E-state index in [-0.39, 0.29) is 11.6 Å². The third-order valence-electron chi connectivity index (χ3n) is 6.44. The Hall–Kier alpha value is -3.80. The maximum atomic E-state index is 13.7. The summed E-state index contributed by atoms with van der Waals surface area (Å²) >= 11 is 0. The standard InChI is InChI=1S/C28H26FN3O2/c1-15-10-22(17(3)31-25-7-6-20(29)13-24(25)28(33)34)23-14-21(16(2)32-27(23)11-15)19-8-9-30-26(12-19)18-4-5-18/h6-14,17-18,31H,4-5H2,1-3H3,(H,33,34). The number of pyridine rings is 2. The predicted molar refractivity (Wildman–Crippen MR) is 132 cm³/mol. The lowest BCUT2D eigenvalue weighted by atomic mass is 9.95. The first-order chi connectivity index (χ1) is 16.3. The molecule has 1 atom stereocenters. The van der Waals surface area contributed by atoms with Crippen molar-refractivity contribution in [1.82, 2.24) is 9.97 Å². The number of carboxylic acid groups (broad SMARTS) is 1. The van der Waals surface area contributed by atoms with E-state index in [4.69, 9.17) is 4.98 Å². The Bertz CT molecular complexity index is 1430. The Balaban J connectivity index is 1.59. The minimum atomic E-state index is -1.17. The normalized spacial score (nSPS) is 14.2. The van der Waals surface area contributed by atoms with E-state index in [1.165, 1.54) is 25.0 Å². The van der Waals surface area contributed by atoms with Crippen molar-refractivity contribution < 1.29 is 14.3 Å². The third-order valence-corrected chi connectivity index (χ3v) is 6.44. The lowest BCUT2D eigenvalue weighted by Gasteiger charge is -2.21. The predicted octanol–water partition coefficient (Wildman–Crippen LogP) is 6.80. The highest BCUT2D eigenvalue weighted by Gasteiger charge is 2.25. The van der Waals surface area contributed by atoms with Crippen molar-refractivity contribution in [2.24, 2.45) is 0 Å². The molecule has 2 heterocycles. The molecular formula is C28H26FN3O2. The van der Waals surface area contributed by atoms with Gasteiger partial charge in [0.2, 0.25) is 0 Å². The molecule has 172 valence electrons. The van der Waals surface area contributed by atoms with E-state index in [1.54, 1.807) is 0 Å². The molecule has 0 amide bonds. The minimum absolute atomic E-state index is 0.0946. The van der Waals surface area contributed by atoms with Gasteiger partial charge in [0.25, 0.3) is 0 Å². The van der Waals surface area contributed by atoms with Gasteiger partial charge >= 0.3 is 5.97 Å². The zero-order chi connectivity index (χ0) is 24.0. The molecule has 1 aliphatic rings. The van der Waals surface area contributed by atoms with Crippen LogP contribution in [0.3, 0.4) is 0 Å². The summed E-state index contributed by atoms with van der Waals surface area (Å²) in [6.07, 6.45) is 4.26. The van der Waals surface area contributed by atoms with Crippen LogP contribution in [-0.4, -0.2) is 21.0 Å². The first kappa shape index (κ1) is 22.0. The van der Waals surface area contributed by atoms with Crippen LogP contribution in [0.4, 0.5) is 10.1 Å². The van der Waals surface area contributed by atoms with Crippen LogP contribution in [0.15, 0.2) is 54.7 Å². The number of aromatic carboxylic acids is 1. The number of benzene rings is 2. The van der Waals surface area contributed by atoms with Gasteiger partial charge in [0.05, 0.1) is 11.1 Å². The molecule has 1 fully saturated rings. The Morgan fingerprint density at radius 1 is 1.12 bits per heavy atom. The maximum Gasteiger partial charge on any atom is 0.337 e. The van der Waals surface area contributed by atoms with Gasteiger partial charge in [-0.1, -0.05) is 6.07 Å². The van der Waals surface area contributed by atoms with E-state index in [0.29, 0.717) is 11.6 Å². The second-order valence-electron chi connectivity index (χ2n) is 9.15. The number of hydrogen-bond acceptors (Lipinski definition) is 4. The molecule has 1 unspecified atom stereocenters. The number of aryl methyl sites for hydroxylation is 2. The van der Waals surface area contributed by atoms with Gasteiger partial charge in [-0.3, -0.25) is 9.97 Å². The summed E-state index contributed by atoms with van der Waals surface area (Å²) in [5.74, 6) is -1.19. The molecule has 0 saturated heterocycles. The van der Waals surface area contributed by atoms with Crippen LogP contribution in [0, 0.1) is 19.7 Å². The first-order valence-corrected chi connectivity index (χ1v) is 11.5. The molecule has 0 spiro atoms. The molecule has 2 aromatic heterocycles. The van der Waals surface area contributed by atoms with Gasteiger partial charge < -0.3 is 10.4 Å². The average Bonchev–Trinajstić information content (AvgIpc) is 3.64. The number of anilines is 1. The van der Waals surface area contributed by atoms with Crippen molar-refractivity contribution in [3.05, 3.63) is 88.6 Å². The van der Waals surface area contributed by atoms with Crippen LogP contribution in [0.25, 0.3) is 22.0 Å². The highest BCUT2D eigenvalue weighted by Crippen LogP contribution is 2.40. The molecule has 4 aromatic rings. The number of fused-ring (bicyclic) bond motifs is 1. The van der Waals surface area contributed by atoms with E-state index in [0.717, 1.165) is 50.6 Å². The van der Waals surface area contributed by atoms with Crippen LogP contribution in [0.2, 0.25) is 0 Å². The minimum Gasteiger partial charge on any atom is -0.478 e. The molecule has 5 rings (SSSR count). The number of rotatable bonds is 6. The second kappa shape index (κ2) is 8.52. The number of carboxylic acids is 1. The molecule has 0 aliphatic heterocycles. The molecule has 0 radical (unpaired) electrons. The van der Waals surface area contributed by atoms with Gasteiger partial charge in [-0.2, -0.15) is 0 Å². The van der Waals surface area contributed by atoms with Crippen molar-refractivity contribution in [2.75, 3.05) is 5.32 Å². The number of nitrogens with one attached hydrogen (secondary N) is 1. The fourth-order valence-electron chi connectivity index (χ4n) is 4.54. The Morgan fingerprint density at radius 3 is 2.65 bits per heavy atom. The quantitative estimate of drug-likeness (QED) is 0.334.